The lowest BCUT2D eigenvalue weighted by molar-refractivity contribution is -0.126. The van der Waals surface area contributed by atoms with Crippen molar-refractivity contribution in [3.8, 4) is 39.4 Å². The Bertz CT molecular complexity index is 1820. The summed E-state index contributed by atoms with van der Waals surface area (Å²) in [5, 5.41) is 16.3. The molecule has 0 spiro atoms. The molecule has 0 radical (unpaired) electrons. The molecule has 41 heavy (non-hydrogen) atoms. The quantitative estimate of drug-likeness (QED) is 0.271. The molecule has 5 aromatic rings. The molecule has 0 saturated carbocycles. The third kappa shape index (κ3) is 4.87. The van der Waals surface area contributed by atoms with Crippen LogP contribution in [0, 0.1) is 11.6 Å². The third-order valence-electron chi connectivity index (χ3n) is 7.00. The van der Waals surface area contributed by atoms with E-state index in [1.807, 2.05) is 30.8 Å². The number of fused-ring (bicyclic) bond motifs is 2. The fraction of sp³-hybridized carbons (Fsp3) is 0.200. The Morgan fingerprint density at radius 3 is 2.80 bits per heavy atom. The molecular weight excluding hydrogens is 548 g/mol. The zero-order chi connectivity index (χ0) is 28.7. The highest BCUT2D eigenvalue weighted by molar-refractivity contribution is 7.18. The largest absolute Gasteiger partial charge is 0.490 e. The van der Waals surface area contributed by atoms with Crippen LogP contribution in [0.3, 0.4) is 0 Å². The smallest absolute Gasteiger partial charge is 0.246 e. The van der Waals surface area contributed by atoms with Gasteiger partial charge in [-0.2, -0.15) is 5.10 Å². The van der Waals surface area contributed by atoms with Crippen molar-refractivity contribution in [2.75, 3.05) is 19.8 Å². The second-order valence-electron chi connectivity index (χ2n) is 9.63. The van der Waals surface area contributed by atoms with Crippen LogP contribution in [0.2, 0.25) is 0 Å². The molecule has 0 atom stereocenters. The van der Waals surface area contributed by atoms with Gasteiger partial charge < -0.3 is 14.7 Å². The highest BCUT2D eigenvalue weighted by Gasteiger charge is 2.27. The van der Waals surface area contributed by atoms with Crippen molar-refractivity contribution in [1.29, 1.82) is 0 Å². The molecule has 11 heteroatoms. The molecule has 5 heterocycles. The molecule has 0 aliphatic carbocycles. The SMILES string of the molecule is C=CC(=O)N1CCc2ncc(-c3nc(-c4cnn(C)c4)c4ccsc4c3-c3c(F)cc(F)cc3OCCO)cc2C1. The molecule has 1 aromatic carbocycles. The zero-order valence-electron chi connectivity index (χ0n) is 22.1. The number of aromatic nitrogens is 4. The van der Waals surface area contributed by atoms with Crippen LogP contribution in [-0.4, -0.2) is 55.4 Å². The van der Waals surface area contributed by atoms with Gasteiger partial charge >= 0.3 is 0 Å². The number of hydrogen-bond donors (Lipinski definition) is 1. The van der Waals surface area contributed by atoms with Gasteiger partial charge in [0, 0.05) is 83.6 Å². The van der Waals surface area contributed by atoms with Gasteiger partial charge in [0.25, 0.3) is 0 Å². The maximum atomic E-state index is 15.7. The van der Waals surface area contributed by atoms with Gasteiger partial charge in [-0.25, -0.2) is 13.8 Å². The van der Waals surface area contributed by atoms with E-state index in [0.717, 1.165) is 39.0 Å². The Hall–Kier alpha value is -4.48. The summed E-state index contributed by atoms with van der Waals surface area (Å²) in [5.41, 5.74) is 4.61. The van der Waals surface area contributed by atoms with Crippen LogP contribution in [0.5, 0.6) is 5.75 Å². The van der Waals surface area contributed by atoms with Gasteiger partial charge in [-0.1, -0.05) is 6.58 Å². The number of halogens is 2. The van der Waals surface area contributed by atoms with E-state index in [1.54, 1.807) is 22.0 Å². The molecule has 8 nitrogen and oxygen atoms in total. The molecule has 6 rings (SSSR count). The minimum Gasteiger partial charge on any atom is -0.490 e. The first-order valence-electron chi connectivity index (χ1n) is 12.9. The van der Waals surface area contributed by atoms with Gasteiger partial charge in [-0.3, -0.25) is 14.5 Å². The van der Waals surface area contributed by atoms with Crippen LogP contribution in [0.25, 0.3) is 43.7 Å². The minimum absolute atomic E-state index is 0.0359. The number of aliphatic hydroxyl groups is 1. The van der Waals surface area contributed by atoms with Crippen molar-refractivity contribution >= 4 is 27.3 Å². The molecule has 4 aromatic heterocycles. The minimum atomic E-state index is -0.821. The van der Waals surface area contributed by atoms with E-state index in [9.17, 15) is 14.3 Å². The van der Waals surface area contributed by atoms with Gasteiger partial charge in [0.15, 0.2) is 0 Å². The standard InChI is InChI=1S/C30H25F2N5O3S/c1-3-25(39)37-6-4-23-18(16-37)10-17(13-33-23)29-27(26-22(32)11-20(31)12-24(26)40-8-7-38)30-21(5-9-41-30)28(35-29)19-14-34-36(2)15-19/h3,5,9-15,38H,1,4,6-8,16H2,2H3. The average Bonchev–Trinajstić information content (AvgIpc) is 3.64. The number of aryl methyl sites for hydroxylation is 1. The normalized spacial score (nSPS) is 12.9. The van der Waals surface area contributed by atoms with Crippen molar-refractivity contribution in [3.05, 3.63) is 83.8 Å². The molecule has 208 valence electrons. The van der Waals surface area contributed by atoms with E-state index >= 15 is 4.39 Å². The lowest BCUT2D eigenvalue weighted by Gasteiger charge is -2.27. The predicted octanol–water partition coefficient (Wildman–Crippen LogP) is 5.15. The molecule has 0 unspecified atom stereocenters. The van der Waals surface area contributed by atoms with Crippen molar-refractivity contribution in [2.24, 2.45) is 7.05 Å². The van der Waals surface area contributed by atoms with Gasteiger partial charge in [0.1, 0.15) is 24.0 Å². The first-order valence-corrected chi connectivity index (χ1v) is 13.8. The summed E-state index contributed by atoms with van der Waals surface area (Å²) in [6.07, 6.45) is 7.13. The Balaban J connectivity index is 1.64. The van der Waals surface area contributed by atoms with E-state index in [-0.39, 0.29) is 30.4 Å². The van der Waals surface area contributed by atoms with Crippen LogP contribution in [-0.2, 0) is 24.8 Å². The van der Waals surface area contributed by atoms with Crippen molar-refractivity contribution in [3.63, 3.8) is 0 Å². The van der Waals surface area contributed by atoms with Gasteiger partial charge in [-0.15, -0.1) is 11.3 Å². The summed E-state index contributed by atoms with van der Waals surface area (Å²) in [6.45, 7) is 4.01. The molecule has 1 aliphatic rings. The first kappa shape index (κ1) is 26.7. The number of amides is 1. The lowest BCUT2D eigenvalue weighted by atomic mass is 9.94. The highest BCUT2D eigenvalue weighted by Crippen LogP contribution is 2.47. The van der Waals surface area contributed by atoms with E-state index < -0.39 is 11.6 Å². The number of hydrogen-bond acceptors (Lipinski definition) is 7. The topological polar surface area (TPSA) is 93.4 Å². The second-order valence-corrected chi connectivity index (χ2v) is 10.5. The summed E-state index contributed by atoms with van der Waals surface area (Å²) in [4.78, 5) is 23.8. The maximum absolute atomic E-state index is 15.7. The molecule has 0 bridgehead atoms. The number of aliphatic hydroxyl groups excluding tert-OH is 1. The van der Waals surface area contributed by atoms with Gasteiger partial charge in [0.05, 0.1) is 29.8 Å². The molecule has 1 amide bonds. The Labute approximate surface area is 238 Å². The monoisotopic (exact) mass is 573 g/mol. The molecular formula is C30H25F2N5O3S. The van der Waals surface area contributed by atoms with Crippen LogP contribution < -0.4 is 4.74 Å². The number of thiophene rings is 1. The van der Waals surface area contributed by atoms with Gasteiger partial charge in [0.2, 0.25) is 5.91 Å². The van der Waals surface area contributed by atoms with Gasteiger partial charge in [-0.05, 0) is 29.2 Å². The number of carbonyl (C=O) groups is 1. The fourth-order valence-corrected chi connectivity index (χ4v) is 6.11. The number of benzene rings is 1. The maximum Gasteiger partial charge on any atom is 0.246 e. The third-order valence-corrected chi connectivity index (χ3v) is 7.94. The number of carbonyl (C=O) groups excluding carboxylic acids is 1. The number of nitrogens with zero attached hydrogens (tertiary/aromatic N) is 5. The van der Waals surface area contributed by atoms with E-state index in [0.29, 0.717) is 42.0 Å². The van der Waals surface area contributed by atoms with Crippen LogP contribution in [0.15, 0.2) is 60.9 Å². The number of pyridine rings is 2. The summed E-state index contributed by atoms with van der Waals surface area (Å²) in [6, 6.07) is 5.74. The van der Waals surface area contributed by atoms with Crippen molar-refractivity contribution < 1.29 is 23.4 Å². The molecule has 0 saturated heterocycles. The van der Waals surface area contributed by atoms with E-state index in [1.165, 1.54) is 17.4 Å². The summed E-state index contributed by atoms with van der Waals surface area (Å²) in [7, 11) is 1.81. The average molecular weight is 574 g/mol. The van der Waals surface area contributed by atoms with Crippen LogP contribution in [0.4, 0.5) is 8.78 Å². The Morgan fingerprint density at radius 2 is 2.05 bits per heavy atom. The molecule has 1 N–H and O–H groups in total. The summed E-state index contributed by atoms with van der Waals surface area (Å²) >= 11 is 1.40. The summed E-state index contributed by atoms with van der Waals surface area (Å²) in [5.74, 6) is -1.83. The zero-order valence-corrected chi connectivity index (χ0v) is 22.9. The van der Waals surface area contributed by atoms with Crippen molar-refractivity contribution in [1.82, 2.24) is 24.6 Å². The number of ether oxygens (including phenoxy) is 1. The Kier molecular flexibility index (Phi) is 7.06. The van der Waals surface area contributed by atoms with E-state index in [4.69, 9.17) is 14.7 Å². The Morgan fingerprint density at radius 1 is 1.20 bits per heavy atom. The molecule has 1 aliphatic heterocycles. The fourth-order valence-electron chi connectivity index (χ4n) is 5.16. The van der Waals surface area contributed by atoms with Crippen molar-refractivity contribution in [2.45, 2.75) is 13.0 Å². The second kappa shape index (κ2) is 10.8. The number of rotatable bonds is 7. The molecule has 0 fully saturated rings. The first-order chi connectivity index (χ1) is 19.9. The van der Waals surface area contributed by atoms with E-state index in [2.05, 4.69) is 11.7 Å². The lowest BCUT2D eigenvalue weighted by Crippen LogP contribution is -2.35. The van der Waals surface area contributed by atoms with Crippen LogP contribution >= 0.6 is 11.3 Å². The summed E-state index contributed by atoms with van der Waals surface area (Å²) < 4.78 is 38.2. The van der Waals surface area contributed by atoms with Crippen LogP contribution in [0.1, 0.15) is 11.3 Å². The highest BCUT2D eigenvalue weighted by atomic mass is 32.1. The predicted molar refractivity (Wildman–Crippen MR) is 152 cm³/mol.